The largest absolute Gasteiger partial charge is 0.341 e. The third-order valence-electron chi connectivity index (χ3n) is 3.22. The molecule has 1 fully saturated rings. The van der Waals surface area contributed by atoms with Crippen LogP contribution in [0.15, 0.2) is 27.6 Å². The van der Waals surface area contributed by atoms with Gasteiger partial charge in [-0.15, -0.1) is 0 Å². The molecule has 1 saturated heterocycles. The van der Waals surface area contributed by atoms with Gasteiger partial charge < -0.3 is 15.2 Å². The van der Waals surface area contributed by atoms with Gasteiger partial charge in [0.05, 0.1) is 0 Å². The molecule has 0 saturated carbocycles. The van der Waals surface area contributed by atoms with Crippen molar-refractivity contribution in [2.45, 2.75) is 13.0 Å². The minimum atomic E-state index is -0.166. The van der Waals surface area contributed by atoms with E-state index in [1.807, 2.05) is 0 Å². The van der Waals surface area contributed by atoms with Gasteiger partial charge in [-0.25, -0.2) is 0 Å². The van der Waals surface area contributed by atoms with E-state index >= 15 is 0 Å². The Morgan fingerprint density at radius 2 is 2.28 bits per heavy atom. The topological polar surface area (TPSA) is 68.3 Å². The average molecular weight is 314 g/mol. The van der Waals surface area contributed by atoms with Crippen molar-refractivity contribution in [1.82, 2.24) is 9.47 Å². The van der Waals surface area contributed by atoms with Crippen LogP contribution in [0.1, 0.15) is 6.42 Å². The minimum Gasteiger partial charge on any atom is -0.341 e. The third kappa shape index (κ3) is 3.00. The molecule has 1 aromatic rings. The van der Waals surface area contributed by atoms with E-state index in [0.29, 0.717) is 19.0 Å². The van der Waals surface area contributed by atoms with Gasteiger partial charge in [0, 0.05) is 29.8 Å². The minimum absolute atomic E-state index is 0.0221. The number of nitrogens with two attached hydrogens (primary N) is 1. The number of nitrogens with zero attached hydrogens (tertiary/aromatic N) is 2. The van der Waals surface area contributed by atoms with Crippen LogP contribution in [-0.4, -0.2) is 35.0 Å². The molecule has 0 aromatic carbocycles. The molecule has 1 atom stereocenters. The van der Waals surface area contributed by atoms with Crippen molar-refractivity contribution in [2.75, 3.05) is 19.6 Å². The van der Waals surface area contributed by atoms with Crippen molar-refractivity contribution in [3.63, 3.8) is 0 Å². The van der Waals surface area contributed by atoms with E-state index in [1.54, 1.807) is 17.2 Å². The maximum absolute atomic E-state index is 12.0. The van der Waals surface area contributed by atoms with Gasteiger partial charge in [-0.05, 0) is 40.9 Å². The molecule has 1 aromatic heterocycles. The molecule has 0 spiro atoms. The summed E-state index contributed by atoms with van der Waals surface area (Å²) in [4.78, 5) is 25.4. The number of carbonyl (C=O) groups is 1. The van der Waals surface area contributed by atoms with Crippen LogP contribution in [-0.2, 0) is 11.3 Å². The summed E-state index contributed by atoms with van der Waals surface area (Å²) in [6, 6.07) is 3.12. The number of hydrogen-bond donors (Lipinski definition) is 1. The van der Waals surface area contributed by atoms with Crippen molar-refractivity contribution in [1.29, 1.82) is 0 Å². The summed E-state index contributed by atoms with van der Waals surface area (Å²) in [6.45, 7) is 2.15. The lowest BCUT2D eigenvalue weighted by molar-refractivity contribution is -0.130. The molecule has 0 aliphatic carbocycles. The molecule has 1 amide bonds. The predicted octanol–water partition coefficient (Wildman–Crippen LogP) is 0.418. The number of carbonyl (C=O) groups excluding carboxylic acids is 1. The number of amides is 1. The number of hydrogen-bond acceptors (Lipinski definition) is 3. The first kappa shape index (κ1) is 13.3. The van der Waals surface area contributed by atoms with Crippen LogP contribution < -0.4 is 11.3 Å². The fourth-order valence-corrected chi connectivity index (χ4v) is 2.50. The fourth-order valence-electron chi connectivity index (χ4n) is 2.12. The van der Waals surface area contributed by atoms with Crippen LogP contribution in [0, 0.1) is 5.92 Å². The number of halogens is 1. The number of aromatic nitrogens is 1. The van der Waals surface area contributed by atoms with Crippen molar-refractivity contribution >= 4 is 21.8 Å². The van der Waals surface area contributed by atoms with Gasteiger partial charge in [0.2, 0.25) is 5.91 Å². The maximum Gasteiger partial charge on any atom is 0.251 e. The van der Waals surface area contributed by atoms with Gasteiger partial charge in [-0.3, -0.25) is 9.59 Å². The Hall–Kier alpha value is -1.14. The van der Waals surface area contributed by atoms with Gasteiger partial charge in [-0.1, -0.05) is 0 Å². The highest BCUT2D eigenvalue weighted by Gasteiger charge is 2.25. The Bertz CT molecular complexity index is 500. The van der Waals surface area contributed by atoms with E-state index in [-0.39, 0.29) is 18.0 Å². The molecule has 0 radical (unpaired) electrons. The Balaban J connectivity index is 2.03. The van der Waals surface area contributed by atoms with Gasteiger partial charge in [-0.2, -0.15) is 0 Å². The molecule has 0 bridgehead atoms. The Morgan fingerprint density at radius 1 is 1.50 bits per heavy atom. The van der Waals surface area contributed by atoms with Crippen LogP contribution in [0.5, 0.6) is 0 Å². The van der Waals surface area contributed by atoms with Crippen molar-refractivity contribution in [2.24, 2.45) is 11.7 Å². The van der Waals surface area contributed by atoms with Crippen molar-refractivity contribution in [3.05, 3.63) is 33.2 Å². The average Bonchev–Trinajstić information content (AvgIpc) is 2.82. The summed E-state index contributed by atoms with van der Waals surface area (Å²) in [7, 11) is 0. The van der Waals surface area contributed by atoms with Gasteiger partial charge in [0.25, 0.3) is 5.56 Å². The summed E-state index contributed by atoms with van der Waals surface area (Å²) in [5, 5.41) is 0. The highest BCUT2D eigenvalue weighted by Crippen LogP contribution is 2.15. The summed E-state index contributed by atoms with van der Waals surface area (Å²) in [5.41, 5.74) is 5.43. The molecule has 1 aliphatic rings. The number of likely N-dealkylation sites (tertiary alicyclic amines) is 1. The van der Waals surface area contributed by atoms with E-state index < -0.39 is 0 Å². The number of pyridine rings is 1. The molecule has 6 heteroatoms. The van der Waals surface area contributed by atoms with Gasteiger partial charge in [0.15, 0.2) is 0 Å². The highest BCUT2D eigenvalue weighted by atomic mass is 79.9. The summed E-state index contributed by atoms with van der Waals surface area (Å²) in [6.07, 6.45) is 2.59. The molecule has 98 valence electrons. The lowest BCUT2D eigenvalue weighted by Crippen LogP contribution is -2.35. The molecule has 18 heavy (non-hydrogen) atoms. The summed E-state index contributed by atoms with van der Waals surface area (Å²) >= 11 is 3.29. The van der Waals surface area contributed by atoms with E-state index in [4.69, 9.17) is 5.73 Å². The standard InChI is InChI=1S/C12H16BrN3O2/c13-10-1-2-11(17)16(7-10)8-12(18)15-4-3-9(5-14)6-15/h1-2,7,9H,3-6,8,14H2. The Morgan fingerprint density at radius 3 is 2.94 bits per heavy atom. The second-order valence-corrected chi connectivity index (χ2v) is 5.46. The van der Waals surface area contributed by atoms with E-state index in [2.05, 4.69) is 15.9 Å². The molecule has 1 unspecified atom stereocenters. The molecule has 2 heterocycles. The Labute approximate surface area is 114 Å². The second kappa shape index (κ2) is 5.67. The van der Waals surface area contributed by atoms with Crippen LogP contribution >= 0.6 is 15.9 Å². The molecule has 1 aliphatic heterocycles. The third-order valence-corrected chi connectivity index (χ3v) is 3.69. The smallest absolute Gasteiger partial charge is 0.251 e. The van der Waals surface area contributed by atoms with Gasteiger partial charge in [0.1, 0.15) is 6.54 Å². The summed E-state index contributed by atoms with van der Waals surface area (Å²) < 4.78 is 2.21. The molecule has 2 rings (SSSR count). The lowest BCUT2D eigenvalue weighted by atomic mass is 10.1. The number of rotatable bonds is 3. The zero-order valence-corrected chi connectivity index (χ0v) is 11.6. The quantitative estimate of drug-likeness (QED) is 0.879. The fraction of sp³-hybridized carbons (Fsp3) is 0.500. The SMILES string of the molecule is NCC1CCN(C(=O)Cn2cc(Br)ccc2=O)C1. The predicted molar refractivity (Wildman–Crippen MR) is 72.1 cm³/mol. The van der Waals surface area contributed by atoms with E-state index in [0.717, 1.165) is 17.4 Å². The first-order chi connectivity index (χ1) is 8.60. The monoisotopic (exact) mass is 313 g/mol. The zero-order valence-electron chi connectivity index (χ0n) is 10.0. The van der Waals surface area contributed by atoms with E-state index in [1.165, 1.54) is 10.6 Å². The van der Waals surface area contributed by atoms with E-state index in [9.17, 15) is 9.59 Å². The normalized spacial score (nSPS) is 19.2. The van der Waals surface area contributed by atoms with Crippen LogP contribution in [0.3, 0.4) is 0 Å². The van der Waals surface area contributed by atoms with Crippen molar-refractivity contribution < 1.29 is 4.79 Å². The van der Waals surface area contributed by atoms with Gasteiger partial charge >= 0.3 is 0 Å². The first-order valence-electron chi connectivity index (χ1n) is 5.94. The molecule has 2 N–H and O–H groups in total. The maximum atomic E-state index is 12.0. The first-order valence-corrected chi connectivity index (χ1v) is 6.73. The second-order valence-electron chi connectivity index (χ2n) is 4.54. The molecular weight excluding hydrogens is 298 g/mol. The van der Waals surface area contributed by atoms with Crippen molar-refractivity contribution in [3.8, 4) is 0 Å². The lowest BCUT2D eigenvalue weighted by Gasteiger charge is -2.17. The van der Waals surface area contributed by atoms with Crippen LogP contribution in [0.2, 0.25) is 0 Å². The van der Waals surface area contributed by atoms with Crippen LogP contribution in [0.4, 0.5) is 0 Å². The van der Waals surface area contributed by atoms with Crippen LogP contribution in [0.25, 0.3) is 0 Å². The Kier molecular flexibility index (Phi) is 4.19. The molecule has 5 nitrogen and oxygen atoms in total. The summed E-state index contributed by atoms with van der Waals surface area (Å²) in [5.74, 6) is 0.374. The highest BCUT2D eigenvalue weighted by molar-refractivity contribution is 9.10. The zero-order chi connectivity index (χ0) is 13.1. The molecular formula is C12H16BrN3O2.